The Morgan fingerprint density at radius 3 is 3.06 bits per heavy atom. The lowest BCUT2D eigenvalue weighted by Crippen LogP contribution is -2.24. The van der Waals surface area contributed by atoms with Crippen molar-refractivity contribution < 1.29 is 9.21 Å². The largest absolute Gasteiger partial charge is 0.450 e. The van der Waals surface area contributed by atoms with Gasteiger partial charge >= 0.3 is 0 Å². The average molecular weight is 310 g/mol. The van der Waals surface area contributed by atoms with Crippen molar-refractivity contribution in [3.05, 3.63) is 46.9 Å². The molecule has 0 aliphatic carbocycles. The van der Waals surface area contributed by atoms with Crippen molar-refractivity contribution in [2.75, 3.05) is 7.05 Å². The van der Waals surface area contributed by atoms with E-state index in [1.165, 1.54) is 6.08 Å². The van der Waals surface area contributed by atoms with E-state index in [1.807, 2.05) is 0 Å². The zero-order valence-electron chi connectivity index (χ0n) is 9.76. The van der Waals surface area contributed by atoms with Crippen molar-refractivity contribution in [1.29, 1.82) is 0 Å². The molecule has 5 nitrogen and oxygen atoms in total. The highest BCUT2D eigenvalue weighted by atomic mass is 79.9. The Bertz CT molecular complexity index is 545. The minimum atomic E-state index is -0.112. The second kappa shape index (κ2) is 5.68. The molecule has 0 fully saturated rings. The summed E-state index contributed by atoms with van der Waals surface area (Å²) >= 11 is 3.20. The van der Waals surface area contributed by atoms with Gasteiger partial charge in [-0.1, -0.05) is 0 Å². The number of carbonyl (C=O) groups is 1. The molecule has 0 saturated heterocycles. The molecule has 0 bridgehead atoms. The van der Waals surface area contributed by atoms with Crippen LogP contribution >= 0.6 is 15.9 Å². The van der Waals surface area contributed by atoms with Crippen LogP contribution in [0.25, 0.3) is 6.08 Å². The number of nitrogens with zero attached hydrogens (tertiary/aromatic N) is 2. The number of likely N-dealkylation sites (N-methyl/N-ethyl adjacent to an activating group) is 1. The van der Waals surface area contributed by atoms with Crippen LogP contribution in [0.2, 0.25) is 0 Å². The first-order valence-electron chi connectivity index (χ1n) is 5.32. The monoisotopic (exact) mass is 309 g/mol. The third-order valence-corrected chi connectivity index (χ3v) is 2.73. The predicted molar refractivity (Wildman–Crippen MR) is 70.5 cm³/mol. The van der Waals surface area contributed by atoms with Crippen LogP contribution in [0.15, 0.2) is 39.7 Å². The van der Waals surface area contributed by atoms with Crippen molar-refractivity contribution in [3.8, 4) is 0 Å². The summed E-state index contributed by atoms with van der Waals surface area (Å²) < 4.78 is 5.90. The minimum Gasteiger partial charge on any atom is -0.450 e. The summed E-state index contributed by atoms with van der Waals surface area (Å²) in [5, 5.41) is 0. The Labute approximate surface area is 113 Å². The van der Waals surface area contributed by atoms with Crippen molar-refractivity contribution in [2.24, 2.45) is 0 Å². The van der Waals surface area contributed by atoms with Crippen molar-refractivity contribution >= 4 is 27.9 Å². The lowest BCUT2D eigenvalue weighted by Gasteiger charge is -2.12. The first-order valence-corrected chi connectivity index (χ1v) is 6.11. The molecule has 0 radical (unpaired) electrons. The number of hydrogen-bond acceptors (Lipinski definition) is 3. The molecule has 2 aromatic rings. The first kappa shape index (κ1) is 12.6. The SMILES string of the molecule is CN(Cc1ncc[nH]1)C(=O)C=Cc1ccc(Br)o1. The van der Waals surface area contributed by atoms with Gasteiger partial charge in [-0.2, -0.15) is 0 Å². The predicted octanol–water partition coefficient (Wildman–Crippen LogP) is 2.44. The summed E-state index contributed by atoms with van der Waals surface area (Å²) in [5.74, 6) is 1.26. The summed E-state index contributed by atoms with van der Waals surface area (Å²) in [6.07, 6.45) is 6.48. The van der Waals surface area contributed by atoms with Gasteiger partial charge < -0.3 is 14.3 Å². The molecule has 2 rings (SSSR count). The van der Waals surface area contributed by atoms with E-state index in [0.29, 0.717) is 17.0 Å². The molecule has 0 aliphatic rings. The molecule has 2 aromatic heterocycles. The first-order chi connectivity index (χ1) is 8.65. The number of halogens is 1. The van der Waals surface area contributed by atoms with E-state index in [9.17, 15) is 4.79 Å². The number of amides is 1. The average Bonchev–Trinajstić information content (AvgIpc) is 2.97. The molecule has 94 valence electrons. The van der Waals surface area contributed by atoms with Gasteiger partial charge in [0.15, 0.2) is 4.67 Å². The third-order valence-electron chi connectivity index (χ3n) is 2.30. The van der Waals surface area contributed by atoms with Crippen molar-refractivity contribution in [1.82, 2.24) is 14.9 Å². The van der Waals surface area contributed by atoms with Crippen LogP contribution in [0, 0.1) is 0 Å². The van der Waals surface area contributed by atoms with Crippen LogP contribution in [0.3, 0.4) is 0 Å². The summed E-state index contributed by atoms with van der Waals surface area (Å²) in [6.45, 7) is 0.442. The molecular weight excluding hydrogens is 298 g/mol. The van der Waals surface area contributed by atoms with Crippen LogP contribution < -0.4 is 0 Å². The second-order valence-corrected chi connectivity index (χ2v) is 4.49. The minimum absolute atomic E-state index is 0.112. The molecule has 6 heteroatoms. The van der Waals surface area contributed by atoms with E-state index in [4.69, 9.17) is 4.42 Å². The topological polar surface area (TPSA) is 62.1 Å². The number of aromatic nitrogens is 2. The molecule has 0 spiro atoms. The number of furan rings is 1. The van der Waals surface area contributed by atoms with Gasteiger partial charge in [0.2, 0.25) is 5.91 Å². The number of nitrogens with one attached hydrogen (secondary N) is 1. The maximum atomic E-state index is 11.8. The smallest absolute Gasteiger partial charge is 0.246 e. The highest BCUT2D eigenvalue weighted by Gasteiger charge is 2.07. The van der Waals surface area contributed by atoms with E-state index < -0.39 is 0 Å². The zero-order chi connectivity index (χ0) is 13.0. The van der Waals surface area contributed by atoms with Gasteiger partial charge in [0.25, 0.3) is 0 Å². The van der Waals surface area contributed by atoms with E-state index in [2.05, 4.69) is 25.9 Å². The Balaban J connectivity index is 1.93. The zero-order valence-corrected chi connectivity index (χ0v) is 11.3. The van der Waals surface area contributed by atoms with E-state index in [1.54, 1.807) is 42.6 Å². The maximum Gasteiger partial charge on any atom is 0.246 e. The van der Waals surface area contributed by atoms with Gasteiger partial charge in [0.05, 0.1) is 6.54 Å². The maximum absolute atomic E-state index is 11.8. The van der Waals surface area contributed by atoms with Crippen LogP contribution in [0.4, 0.5) is 0 Å². The molecular formula is C12H12BrN3O2. The van der Waals surface area contributed by atoms with E-state index in [0.717, 1.165) is 5.82 Å². The summed E-state index contributed by atoms with van der Waals surface area (Å²) in [7, 11) is 1.72. The highest BCUT2D eigenvalue weighted by Crippen LogP contribution is 2.15. The molecule has 0 aliphatic heterocycles. The fraction of sp³-hybridized carbons (Fsp3) is 0.167. The van der Waals surface area contributed by atoms with Crippen molar-refractivity contribution in [3.63, 3.8) is 0 Å². The number of hydrogen-bond donors (Lipinski definition) is 1. The van der Waals surface area contributed by atoms with Gasteiger partial charge in [0.1, 0.15) is 11.6 Å². The van der Waals surface area contributed by atoms with Crippen LogP contribution in [0.1, 0.15) is 11.6 Å². The quantitative estimate of drug-likeness (QED) is 0.882. The molecule has 2 heterocycles. The van der Waals surface area contributed by atoms with Gasteiger partial charge in [0, 0.05) is 25.5 Å². The number of aromatic amines is 1. The summed E-state index contributed by atoms with van der Waals surface area (Å²) in [6, 6.07) is 3.55. The van der Waals surface area contributed by atoms with Crippen LogP contribution in [-0.2, 0) is 11.3 Å². The Morgan fingerprint density at radius 2 is 2.44 bits per heavy atom. The summed E-state index contributed by atoms with van der Waals surface area (Å²) in [4.78, 5) is 20.4. The fourth-order valence-corrected chi connectivity index (χ4v) is 1.70. The molecule has 0 aromatic carbocycles. The molecule has 1 N–H and O–H groups in total. The van der Waals surface area contributed by atoms with Gasteiger partial charge in [-0.15, -0.1) is 0 Å². The number of carbonyl (C=O) groups excluding carboxylic acids is 1. The lowest BCUT2D eigenvalue weighted by atomic mass is 10.3. The van der Waals surface area contributed by atoms with Crippen molar-refractivity contribution in [2.45, 2.75) is 6.54 Å². The molecule has 1 amide bonds. The summed E-state index contributed by atoms with van der Waals surface area (Å²) in [5.41, 5.74) is 0. The fourth-order valence-electron chi connectivity index (χ4n) is 1.39. The van der Waals surface area contributed by atoms with Crippen LogP contribution in [0.5, 0.6) is 0 Å². The van der Waals surface area contributed by atoms with Gasteiger partial charge in [-0.05, 0) is 34.1 Å². The number of imidazole rings is 1. The number of rotatable bonds is 4. The standard InChI is InChI=1S/C12H12BrN3O2/c1-16(8-11-14-6-7-15-11)12(17)5-3-9-2-4-10(13)18-9/h2-7H,8H2,1H3,(H,14,15). The Kier molecular flexibility index (Phi) is 3.99. The Morgan fingerprint density at radius 1 is 1.61 bits per heavy atom. The van der Waals surface area contributed by atoms with Gasteiger partial charge in [-0.3, -0.25) is 4.79 Å². The molecule has 0 saturated carbocycles. The highest BCUT2D eigenvalue weighted by molar-refractivity contribution is 9.10. The van der Waals surface area contributed by atoms with Gasteiger partial charge in [-0.25, -0.2) is 4.98 Å². The molecule has 0 atom stereocenters. The van der Waals surface area contributed by atoms with E-state index >= 15 is 0 Å². The van der Waals surface area contributed by atoms with E-state index in [-0.39, 0.29) is 5.91 Å². The normalized spacial score (nSPS) is 11.0. The Hall–Kier alpha value is -1.82. The lowest BCUT2D eigenvalue weighted by molar-refractivity contribution is -0.125. The van der Waals surface area contributed by atoms with Crippen LogP contribution in [-0.4, -0.2) is 27.8 Å². The molecule has 18 heavy (non-hydrogen) atoms. The second-order valence-electron chi connectivity index (χ2n) is 3.71. The third kappa shape index (κ3) is 3.33. The molecule has 0 unspecified atom stereocenters. The number of H-pyrrole nitrogens is 1.